The summed E-state index contributed by atoms with van der Waals surface area (Å²) in [5, 5.41) is 3.54. The van der Waals surface area contributed by atoms with Crippen molar-refractivity contribution in [2.24, 2.45) is 5.41 Å². The summed E-state index contributed by atoms with van der Waals surface area (Å²) in [7, 11) is 0. The van der Waals surface area contributed by atoms with Gasteiger partial charge >= 0.3 is 0 Å². The molecule has 1 fully saturated rings. The molecule has 0 amide bonds. The summed E-state index contributed by atoms with van der Waals surface area (Å²) in [6, 6.07) is 6.09. The molecule has 0 radical (unpaired) electrons. The van der Waals surface area contributed by atoms with E-state index < -0.39 is 0 Å². The molecule has 1 heterocycles. The van der Waals surface area contributed by atoms with Crippen molar-refractivity contribution in [2.75, 3.05) is 25.5 Å². The molecule has 1 aliphatic rings. The number of ether oxygens (including phenoxy) is 1. The SMILES string of the molecule is CC1(CNCc2ccc(N)c(Br)c2)CCOCC1. The molecule has 1 aliphatic heterocycles. The van der Waals surface area contributed by atoms with Crippen LogP contribution in [0, 0.1) is 5.41 Å². The van der Waals surface area contributed by atoms with Crippen molar-refractivity contribution < 1.29 is 4.74 Å². The maximum absolute atomic E-state index is 5.77. The van der Waals surface area contributed by atoms with Crippen molar-refractivity contribution in [1.29, 1.82) is 0 Å². The number of nitrogens with two attached hydrogens (primary N) is 1. The molecule has 100 valence electrons. The van der Waals surface area contributed by atoms with Gasteiger partial charge in [-0.3, -0.25) is 0 Å². The van der Waals surface area contributed by atoms with Gasteiger partial charge in [-0.2, -0.15) is 0 Å². The average Bonchev–Trinajstić information content (AvgIpc) is 2.34. The van der Waals surface area contributed by atoms with Gasteiger partial charge in [-0.1, -0.05) is 13.0 Å². The Morgan fingerprint density at radius 1 is 1.39 bits per heavy atom. The molecule has 1 aromatic rings. The highest BCUT2D eigenvalue weighted by atomic mass is 79.9. The summed E-state index contributed by atoms with van der Waals surface area (Å²) in [4.78, 5) is 0. The zero-order chi connectivity index (χ0) is 13.0. The predicted molar refractivity (Wildman–Crippen MR) is 78.4 cm³/mol. The number of nitrogens with one attached hydrogen (secondary N) is 1. The Hall–Kier alpha value is -0.580. The van der Waals surface area contributed by atoms with Gasteiger partial charge in [0.1, 0.15) is 0 Å². The first-order chi connectivity index (χ1) is 8.59. The van der Waals surface area contributed by atoms with Crippen LogP contribution < -0.4 is 11.1 Å². The first-order valence-electron chi connectivity index (χ1n) is 6.41. The van der Waals surface area contributed by atoms with Gasteiger partial charge in [-0.25, -0.2) is 0 Å². The van der Waals surface area contributed by atoms with E-state index in [9.17, 15) is 0 Å². The lowest BCUT2D eigenvalue weighted by Gasteiger charge is -2.33. The van der Waals surface area contributed by atoms with Crippen LogP contribution in [-0.4, -0.2) is 19.8 Å². The van der Waals surface area contributed by atoms with Crippen LogP contribution in [0.3, 0.4) is 0 Å². The molecule has 0 spiro atoms. The number of nitrogen functional groups attached to an aromatic ring is 1. The lowest BCUT2D eigenvalue weighted by molar-refractivity contribution is 0.0240. The summed E-state index contributed by atoms with van der Waals surface area (Å²) >= 11 is 3.46. The molecule has 3 nitrogen and oxygen atoms in total. The Kier molecular flexibility index (Phi) is 4.65. The van der Waals surface area contributed by atoms with Gasteiger partial charge in [0.05, 0.1) is 0 Å². The van der Waals surface area contributed by atoms with Crippen molar-refractivity contribution in [3.8, 4) is 0 Å². The third-order valence-corrected chi connectivity index (χ3v) is 4.33. The van der Waals surface area contributed by atoms with Gasteiger partial charge in [0.2, 0.25) is 0 Å². The molecule has 3 N–H and O–H groups in total. The summed E-state index contributed by atoms with van der Waals surface area (Å²) in [5.41, 5.74) is 8.20. The number of hydrogen-bond donors (Lipinski definition) is 2. The number of hydrogen-bond acceptors (Lipinski definition) is 3. The van der Waals surface area contributed by atoms with E-state index in [0.29, 0.717) is 5.41 Å². The molecule has 4 heteroatoms. The molecule has 1 aromatic carbocycles. The van der Waals surface area contributed by atoms with Gasteiger partial charge in [0, 0.05) is 36.5 Å². The lowest BCUT2D eigenvalue weighted by atomic mass is 9.82. The minimum absolute atomic E-state index is 0.378. The molecule has 0 aliphatic carbocycles. The van der Waals surface area contributed by atoms with E-state index in [0.717, 1.165) is 49.3 Å². The summed E-state index contributed by atoms with van der Waals surface area (Å²) in [6.07, 6.45) is 2.29. The molecule has 0 saturated carbocycles. The van der Waals surface area contributed by atoms with Gasteiger partial charge in [0.15, 0.2) is 0 Å². The molecule has 0 aromatic heterocycles. The minimum Gasteiger partial charge on any atom is -0.398 e. The van der Waals surface area contributed by atoms with Gasteiger partial charge in [-0.15, -0.1) is 0 Å². The molecular weight excluding hydrogens is 292 g/mol. The number of halogens is 1. The minimum atomic E-state index is 0.378. The first-order valence-corrected chi connectivity index (χ1v) is 7.21. The molecule has 1 saturated heterocycles. The third-order valence-electron chi connectivity index (χ3n) is 3.65. The summed E-state index contributed by atoms with van der Waals surface area (Å²) in [5.74, 6) is 0. The van der Waals surface area contributed by atoms with Crippen LogP contribution in [0.2, 0.25) is 0 Å². The molecule has 0 bridgehead atoms. The van der Waals surface area contributed by atoms with Crippen LogP contribution >= 0.6 is 15.9 Å². The fourth-order valence-electron chi connectivity index (χ4n) is 2.23. The second kappa shape index (κ2) is 6.04. The maximum Gasteiger partial charge on any atom is 0.0471 e. The number of rotatable bonds is 4. The highest BCUT2D eigenvalue weighted by molar-refractivity contribution is 9.10. The van der Waals surface area contributed by atoms with Gasteiger partial charge < -0.3 is 15.8 Å². The summed E-state index contributed by atoms with van der Waals surface area (Å²) < 4.78 is 6.38. The van der Waals surface area contributed by atoms with E-state index in [2.05, 4.69) is 40.3 Å². The van der Waals surface area contributed by atoms with Crippen LogP contribution in [0.4, 0.5) is 5.69 Å². The zero-order valence-electron chi connectivity index (χ0n) is 10.8. The Balaban J connectivity index is 1.82. The molecule has 0 atom stereocenters. The van der Waals surface area contributed by atoms with Crippen LogP contribution in [0.25, 0.3) is 0 Å². The largest absolute Gasteiger partial charge is 0.398 e. The standard InChI is InChI=1S/C14H21BrN2O/c1-14(4-6-18-7-5-14)10-17-9-11-2-3-13(16)12(15)8-11/h2-3,8,17H,4-7,9-10,16H2,1H3. The van der Waals surface area contributed by atoms with Crippen molar-refractivity contribution in [1.82, 2.24) is 5.32 Å². The van der Waals surface area contributed by atoms with E-state index >= 15 is 0 Å². The van der Waals surface area contributed by atoms with Crippen LogP contribution in [0.15, 0.2) is 22.7 Å². The fourth-order valence-corrected chi connectivity index (χ4v) is 2.66. The second-order valence-corrected chi connectivity index (χ2v) is 6.24. The van der Waals surface area contributed by atoms with Crippen molar-refractivity contribution in [3.63, 3.8) is 0 Å². The van der Waals surface area contributed by atoms with Crippen molar-refractivity contribution in [3.05, 3.63) is 28.2 Å². The normalized spacial score (nSPS) is 18.8. The Bertz CT molecular complexity index is 403. The van der Waals surface area contributed by atoms with E-state index in [-0.39, 0.29) is 0 Å². The highest BCUT2D eigenvalue weighted by Gasteiger charge is 2.26. The summed E-state index contributed by atoms with van der Waals surface area (Å²) in [6.45, 7) is 6.05. The Labute approximate surface area is 117 Å². The van der Waals surface area contributed by atoms with E-state index in [1.807, 2.05) is 6.07 Å². The van der Waals surface area contributed by atoms with E-state index in [1.54, 1.807) is 0 Å². The fraction of sp³-hybridized carbons (Fsp3) is 0.571. The van der Waals surface area contributed by atoms with Crippen LogP contribution in [0.5, 0.6) is 0 Å². The molecule has 18 heavy (non-hydrogen) atoms. The topological polar surface area (TPSA) is 47.3 Å². The zero-order valence-corrected chi connectivity index (χ0v) is 12.4. The van der Waals surface area contributed by atoms with E-state index in [1.165, 1.54) is 5.56 Å². The van der Waals surface area contributed by atoms with Gasteiger partial charge in [-0.05, 0) is 51.9 Å². The monoisotopic (exact) mass is 312 g/mol. The third kappa shape index (κ3) is 3.70. The quantitative estimate of drug-likeness (QED) is 0.840. The Morgan fingerprint density at radius 2 is 2.11 bits per heavy atom. The van der Waals surface area contributed by atoms with Crippen LogP contribution in [0.1, 0.15) is 25.3 Å². The average molecular weight is 313 g/mol. The molecule has 2 rings (SSSR count). The van der Waals surface area contributed by atoms with E-state index in [4.69, 9.17) is 10.5 Å². The number of benzene rings is 1. The van der Waals surface area contributed by atoms with Gasteiger partial charge in [0.25, 0.3) is 0 Å². The smallest absolute Gasteiger partial charge is 0.0471 e. The number of anilines is 1. The van der Waals surface area contributed by atoms with Crippen molar-refractivity contribution >= 4 is 21.6 Å². The lowest BCUT2D eigenvalue weighted by Crippen LogP contribution is -2.36. The van der Waals surface area contributed by atoms with Crippen molar-refractivity contribution in [2.45, 2.75) is 26.3 Å². The van der Waals surface area contributed by atoms with Crippen LogP contribution in [-0.2, 0) is 11.3 Å². The first kappa shape index (κ1) is 13.8. The molecule has 0 unspecified atom stereocenters. The maximum atomic E-state index is 5.77. The second-order valence-electron chi connectivity index (χ2n) is 5.38. The highest BCUT2D eigenvalue weighted by Crippen LogP contribution is 2.28. The predicted octanol–water partition coefficient (Wildman–Crippen LogP) is 2.94. The Morgan fingerprint density at radius 3 is 2.78 bits per heavy atom. The molecular formula is C14H21BrN2O.